The smallest absolute Gasteiger partial charge is 0.283 e. The molecule has 0 unspecified atom stereocenters. The molecule has 1 fully saturated rings. The third-order valence-electron chi connectivity index (χ3n) is 5.68. The van der Waals surface area contributed by atoms with Gasteiger partial charge in [-0.1, -0.05) is 12.1 Å². The summed E-state index contributed by atoms with van der Waals surface area (Å²) in [5.41, 5.74) is 2.97. The van der Waals surface area contributed by atoms with Gasteiger partial charge < -0.3 is 9.47 Å². The third-order valence-corrected chi connectivity index (χ3v) is 6.65. The zero-order valence-corrected chi connectivity index (χ0v) is 18.0. The number of nitrogens with zero attached hydrogens (tertiary/aromatic N) is 5. The number of aromatic nitrogens is 1. The van der Waals surface area contributed by atoms with E-state index in [-0.39, 0.29) is 17.2 Å². The number of amides is 1. The number of aliphatic imine (C=N–C) groups is 1. The summed E-state index contributed by atoms with van der Waals surface area (Å²) in [6.07, 6.45) is 3.88. The Balaban J connectivity index is 1.51. The molecule has 0 saturated carbocycles. The van der Waals surface area contributed by atoms with Crippen LogP contribution in [0.15, 0.2) is 46.0 Å². The quantitative estimate of drug-likeness (QED) is 0.725. The van der Waals surface area contributed by atoms with Crippen molar-refractivity contribution < 1.29 is 9.18 Å². The van der Waals surface area contributed by atoms with Crippen molar-refractivity contribution in [1.82, 2.24) is 14.5 Å². The number of nitrogens with one attached hydrogen (secondary N) is 1. The maximum Gasteiger partial charge on any atom is 0.283 e. The van der Waals surface area contributed by atoms with E-state index in [1.54, 1.807) is 24.3 Å². The van der Waals surface area contributed by atoms with Crippen LogP contribution in [0.25, 0.3) is 11.8 Å². The number of carbonyl (C=O) groups is 1. The van der Waals surface area contributed by atoms with Gasteiger partial charge in [0.15, 0.2) is 11.0 Å². The number of carbonyl (C=O) groups excluding carboxylic acids is 1. The molecule has 4 heterocycles. The number of hydrogen-bond acceptors (Lipinski definition) is 5. The molecule has 1 saturated heterocycles. The number of benzene rings is 1. The van der Waals surface area contributed by atoms with Crippen LogP contribution in [0.5, 0.6) is 0 Å². The van der Waals surface area contributed by atoms with E-state index in [1.165, 1.54) is 22.8 Å². The van der Waals surface area contributed by atoms with Crippen LogP contribution in [0, 0.1) is 25.1 Å². The molecule has 0 spiro atoms. The first-order valence-electron chi connectivity index (χ1n) is 10.1. The van der Waals surface area contributed by atoms with E-state index in [1.807, 2.05) is 24.5 Å². The van der Waals surface area contributed by atoms with Crippen molar-refractivity contribution in [3.05, 3.63) is 58.7 Å². The summed E-state index contributed by atoms with van der Waals surface area (Å²) >= 11 is 1.33. The number of aryl methyl sites for hydroxylation is 1. The molecular formula is C22H21FN6OS. The SMILES string of the molecule is Cc1cc(/C=C2\C(=N)N3N=C(N4CCCC4)SC3=NC2=O)c(C)n1-c1ccccc1F. The van der Waals surface area contributed by atoms with Gasteiger partial charge in [0.1, 0.15) is 5.82 Å². The minimum absolute atomic E-state index is 0.00684. The summed E-state index contributed by atoms with van der Waals surface area (Å²) in [5.74, 6) is -0.776. The van der Waals surface area contributed by atoms with E-state index in [4.69, 9.17) is 5.41 Å². The van der Waals surface area contributed by atoms with E-state index in [0.29, 0.717) is 10.9 Å². The maximum absolute atomic E-state index is 14.4. The molecule has 31 heavy (non-hydrogen) atoms. The lowest BCUT2D eigenvalue weighted by Crippen LogP contribution is -2.35. The van der Waals surface area contributed by atoms with Crippen LogP contribution in [0.1, 0.15) is 29.8 Å². The standard InChI is InChI=1S/C22H21FN6OS/c1-13-11-15(14(2)28(13)18-8-4-3-7-17(18)23)12-16-19(24)29-21(25-20(16)30)31-22(26-29)27-9-5-6-10-27/h3-4,7-8,11-12,24H,5-6,9-10H2,1-2H3/b16-12+,24-19?. The number of halogens is 1. The molecule has 0 aliphatic carbocycles. The number of rotatable bonds is 2. The number of hydrogen-bond donors (Lipinski definition) is 1. The fraction of sp³-hybridized carbons (Fsp3) is 0.273. The number of hydrazone groups is 1. The van der Waals surface area contributed by atoms with Gasteiger partial charge in [-0.05, 0) is 68.3 Å². The lowest BCUT2D eigenvalue weighted by molar-refractivity contribution is -0.114. The van der Waals surface area contributed by atoms with Gasteiger partial charge in [-0.3, -0.25) is 10.2 Å². The third kappa shape index (κ3) is 3.29. The van der Waals surface area contributed by atoms with E-state index in [0.717, 1.165) is 48.1 Å². The number of para-hydroxylation sites is 1. The van der Waals surface area contributed by atoms with Gasteiger partial charge in [0.2, 0.25) is 5.17 Å². The monoisotopic (exact) mass is 436 g/mol. The normalized spacial score (nSPS) is 19.9. The van der Waals surface area contributed by atoms with Gasteiger partial charge in [-0.15, -0.1) is 5.10 Å². The van der Waals surface area contributed by atoms with Crippen molar-refractivity contribution in [3.63, 3.8) is 0 Å². The van der Waals surface area contributed by atoms with Gasteiger partial charge >= 0.3 is 0 Å². The molecule has 0 atom stereocenters. The molecule has 3 aliphatic heterocycles. The first-order valence-corrected chi connectivity index (χ1v) is 10.9. The number of fused-ring (bicyclic) bond motifs is 1. The van der Waals surface area contributed by atoms with Crippen molar-refractivity contribution in [3.8, 4) is 5.69 Å². The highest BCUT2D eigenvalue weighted by Gasteiger charge is 2.37. The molecule has 5 rings (SSSR count). The Morgan fingerprint density at radius 1 is 1.16 bits per heavy atom. The minimum atomic E-state index is -0.461. The maximum atomic E-state index is 14.4. The van der Waals surface area contributed by atoms with Gasteiger partial charge in [0, 0.05) is 24.5 Å². The van der Waals surface area contributed by atoms with E-state index in [2.05, 4.69) is 15.0 Å². The lowest BCUT2D eigenvalue weighted by atomic mass is 10.1. The Morgan fingerprint density at radius 3 is 2.65 bits per heavy atom. The highest BCUT2D eigenvalue weighted by molar-refractivity contribution is 8.26. The van der Waals surface area contributed by atoms with Gasteiger partial charge in [-0.25, -0.2) is 4.39 Å². The Hall–Kier alpha value is -3.20. The summed E-state index contributed by atoms with van der Waals surface area (Å²) in [7, 11) is 0. The van der Waals surface area contributed by atoms with E-state index in [9.17, 15) is 9.18 Å². The summed E-state index contributed by atoms with van der Waals surface area (Å²) < 4.78 is 16.2. The van der Waals surface area contributed by atoms with Gasteiger partial charge in [0.25, 0.3) is 5.91 Å². The van der Waals surface area contributed by atoms with Crippen molar-refractivity contribution in [1.29, 1.82) is 5.41 Å². The van der Waals surface area contributed by atoms with Crippen LogP contribution < -0.4 is 0 Å². The van der Waals surface area contributed by atoms with Crippen LogP contribution in [0.3, 0.4) is 0 Å². The summed E-state index contributed by atoms with van der Waals surface area (Å²) in [6.45, 7) is 5.61. The molecule has 2 aromatic rings. The molecule has 7 nitrogen and oxygen atoms in total. The van der Waals surface area contributed by atoms with Gasteiger partial charge in [-0.2, -0.15) is 10.0 Å². The molecule has 0 radical (unpaired) electrons. The Kier molecular flexibility index (Phi) is 4.77. The topological polar surface area (TPSA) is 77.1 Å². The van der Waals surface area contributed by atoms with Crippen molar-refractivity contribution in [2.75, 3.05) is 13.1 Å². The number of amidine groups is 3. The highest BCUT2D eigenvalue weighted by atomic mass is 32.2. The zero-order chi connectivity index (χ0) is 21.7. The average molecular weight is 437 g/mol. The zero-order valence-electron chi connectivity index (χ0n) is 17.2. The summed E-state index contributed by atoms with van der Waals surface area (Å²) in [6, 6.07) is 8.45. The van der Waals surface area contributed by atoms with Crippen LogP contribution in [0.4, 0.5) is 4.39 Å². The second-order valence-electron chi connectivity index (χ2n) is 7.71. The first-order chi connectivity index (χ1) is 14.9. The Morgan fingerprint density at radius 2 is 1.90 bits per heavy atom. The highest BCUT2D eigenvalue weighted by Crippen LogP contribution is 2.32. The summed E-state index contributed by atoms with van der Waals surface area (Å²) in [5, 5.41) is 15.8. The fourth-order valence-electron chi connectivity index (χ4n) is 4.11. The van der Waals surface area contributed by atoms with Crippen molar-refractivity contribution in [2.24, 2.45) is 10.1 Å². The molecule has 158 valence electrons. The molecule has 0 bridgehead atoms. The molecule has 1 N–H and O–H groups in total. The predicted octanol–water partition coefficient (Wildman–Crippen LogP) is 3.91. The molecule has 1 amide bonds. The van der Waals surface area contributed by atoms with Crippen LogP contribution in [-0.2, 0) is 4.79 Å². The van der Waals surface area contributed by atoms with Crippen LogP contribution in [0.2, 0.25) is 0 Å². The van der Waals surface area contributed by atoms with Crippen molar-refractivity contribution >= 4 is 39.9 Å². The Bertz CT molecular complexity index is 1200. The fourth-order valence-corrected chi connectivity index (χ4v) is 5.06. The number of thioether (sulfide) groups is 1. The minimum Gasteiger partial charge on any atom is -0.349 e. The van der Waals surface area contributed by atoms with E-state index < -0.39 is 5.91 Å². The van der Waals surface area contributed by atoms with Gasteiger partial charge in [0.05, 0.1) is 11.3 Å². The van der Waals surface area contributed by atoms with Crippen LogP contribution >= 0.6 is 11.8 Å². The average Bonchev–Trinajstić information content (AvgIpc) is 3.46. The molecule has 3 aliphatic rings. The predicted molar refractivity (Wildman–Crippen MR) is 121 cm³/mol. The van der Waals surface area contributed by atoms with Crippen LogP contribution in [-0.4, -0.2) is 49.6 Å². The van der Waals surface area contributed by atoms with Crippen molar-refractivity contribution in [2.45, 2.75) is 26.7 Å². The first kappa shape index (κ1) is 19.7. The second-order valence-corrected chi connectivity index (χ2v) is 8.64. The largest absolute Gasteiger partial charge is 0.349 e. The molecular weight excluding hydrogens is 415 g/mol. The molecule has 1 aromatic carbocycles. The molecule has 9 heteroatoms. The lowest BCUT2D eigenvalue weighted by Gasteiger charge is -2.20. The molecule has 1 aromatic heterocycles. The summed E-state index contributed by atoms with van der Waals surface area (Å²) in [4.78, 5) is 19.1. The Labute approximate surface area is 183 Å². The number of likely N-dealkylation sites (tertiary alicyclic amines) is 1. The second kappa shape index (κ2) is 7.49. The van der Waals surface area contributed by atoms with E-state index >= 15 is 0 Å².